The van der Waals surface area contributed by atoms with Gasteiger partial charge in [0.15, 0.2) is 10.2 Å². The maximum Gasteiger partial charge on any atom is 0.355 e. The Hall–Kier alpha value is -5.20. The third-order valence-electron chi connectivity index (χ3n) is 6.30. The molecule has 0 fully saturated rings. The number of carbonyl (C=O) groups excluding carboxylic acids is 1. The first kappa shape index (κ1) is 50.9. The van der Waals surface area contributed by atoms with Crippen LogP contribution in [-0.4, -0.2) is 122 Å². The number of carboxylic acids is 2. The van der Waals surface area contributed by atoms with E-state index in [0.29, 0.717) is 9.36 Å². The van der Waals surface area contributed by atoms with Crippen LogP contribution in [0.25, 0.3) is 5.69 Å². The maximum atomic E-state index is 12.8. The highest BCUT2D eigenvalue weighted by Gasteiger charge is 2.32. The summed E-state index contributed by atoms with van der Waals surface area (Å²) in [7, 11) is -8.60. The number of aromatic carboxylic acids is 1. The molecule has 4 aromatic rings. The molecule has 26 nitrogen and oxygen atoms in total. The van der Waals surface area contributed by atoms with Gasteiger partial charge in [-0.05, 0) is 19.1 Å². The van der Waals surface area contributed by atoms with Gasteiger partial charge in [-0.2, -0.15) is 36.9 Å². The Morgan fingerprint density at radius 3 is 1.98 bits per heavy atom. The number of urea groups is 1. The SMILES string of the molecule is COc1cc(OC)nc(NC(=O)NS(=O)(=O)c2c(C(=O)O)c(Cl)nn2C)n1.Cc1nn(-c2cc(NS(C)(=O)=O)c(Cl)cc2Cl)c(=O)n1C(F)F.O=C(O)CNCP(=O)(O)O. The molecular formula is C26H31Cl3F2N11O15PS2. The number of methoxy groups -OCH3 is 2. The number of aliphatic carboxylic acids is 1. The van der Waals surface area contributed by atoms with Crippen molar-refractivity contribution in [2.45, 2.75) is 18.5 Å². The zero-order chi connectivity index (χ0) is 46.1. The smallest absolute Gasteiger partial charge is 0.355 e. The lowest BCUT2D eigenvalue weighted by atomic mass is 10.3. The van der Waals surface area contributed by atoms with Crippen LogP contribution in [0.3, 0.4) is 0 Å². The predicted octanol–water partition coefficient (Wildman–Crippen LogP) is 1.30. The molecule has 4 rings (SSSR count). The molecule has 3 heterocycles. The number of alkyl halides is 2. The first-order valence-corrected chi connectivity index (χ1v) is 21.5. The van der Waals surface area contributed by atoms with E-state index in [2.05, 4.69) is 35.5 Å². The van der Waals surface area contributed by atoms with E-state index < -0.39 is 86.4 Å². The van der Waals surface area contributed by atoms with E-state index >= 15 is 0 Å². The molecule has 0 aliphatic carbocycles. The number of halogens is 5. The highest BCUT2D eigenvalue weighted by Crippen LogP contribution is 2.32. The Labute approximate surface area is 350 Å². The number of aryl methyl sites for hydroxylation is 2. The van der Waals surface area contributed by atoms with Gasteiger partial charge in [0.05, 0.1) is 60.8 Å². The second kappa shape index (κ2) is 20.9. The molecular weight excluding hydrogens is 946 g/mol. The molecule has 1 aromatic carbocycles. The highest BCUT2D eigenvalue weighted by molar-refractivity contribution is 7.92. The fraction of sp³-hybridized carbons (Fsp3) is 0.308. The van der Waals surface area contributed by atoms with Crippen molar-refractivity contribution < 1.29 is 74.0 Å². The predicted molar refractivity (Wildman–Crippen MR) is 205 cm³/mol. The Bertz CT molecular complexity index is 2570. The number of nitrogens with one attached hydrogen (secondary N) is 4. The number of ether oxygens (including phenoxy) is 2. The van der Waals surface area contributed by atoms with Gasteiger partial charge in [0.2, 0.25) is 27.7 Å². The Morgan fingerprint density at radius 2 is 1.53 bits per heavy atom. The van der Waals surface area contributed by atoms with Crippen molar-refractivity contribution in [2.24, 2.45) is 7.05 Å². The van der Waals surface area contributed by atoms with Crippen LogP contribution in [0.15, 0.2) is 28.0 Å². The lowest BCUT2D eigenvalue weighted by Crippen LogP contribution is -2.36. The zero-order valence-electron chi connectivity index (χ0n) is 30.8. The summed E-state index contributed by atoms with van der Waals surface area (Å²) in [6, 6.07) is 2.38. The molecule has 0 bridgehead atoms. The number of anilines is 2. The second-order valence-electron chi connectivity index (χ2n) is 10.9. The van der Waals surface area contributed by atoms with E-state index in [4.69, 9.17) is 64.3 Å². The van der Waals surface area contributed by atoms with Crippen LogP contribution in [0, 0.1) is 6.92 Å². The van der Waals surface area contributed by atoms with Crippen LogP contribution in [0.1, 0.15) is 22.7 Å². The van der Waals surface area contributed by atoms with E-state index in [0.717, 1.165) is 19.4 Å². The minimum absolute atomic E-state index is 0.0257. The third-order valence-corrected chi connectivity index (χ3v) is 9.84. The van der Waals surface area contributed by atoms with Crippen molar-refractivity contribution in [2.75, 3.05) is 43.3 Å². The van der Waals surface area contributed by atoms with E-state index in [1.807, 2.05) is 0 Å². The van der Waals surface area contributed by atoms with Gasteiger partial charge in [0.1, 0.15) is 11.4 Å². The van der Waals surface area contributed by atoms with E-state index in [9.17, 15) is 49.4 Å². The number of rotatable bonds is 14. The maximum absolute atomic E-state index is 12.8. The van der Waals surface area contributed by atoms with Gasteiger partial charge in [-0.1, -0.05) is 34.8 Å². The fourth-order valence-electron chi connectivity index (χ4n) is 4.08. The largest absolute Gasteiger partial charge is 0.481 e. The molecule has 0 atom stereocenters. The Morgan fingerprint density at radius 1 is 0.967 bits per heavy atom. The van der Waals surface area contributed by atoms with Gasteiger partial charge in [-0.3, -0.25) is 29.4 Å². The molecule has 60 heavy (non-hydrogen) atoms. The van der Waals surface area contributed by atoms with Gasteiger partial charge in [0.25, 0.3) is 10.0 Å². The van der Waals surface area contributed by atoms with Gasteiger partial charge < -0.3 is 29.5 Å². The molecule has 3 aromatic heterocycles. The summed E-state index contributed by atoms with van der Waals surface area (Å²) in [6.07, 6.45) is 0.304. The van der Waals surface area contributed by atoms with E-state index in [-0.39, 0.29) is 49.5 Å². The van der Waals surface area contributed by atoms with Crippen LogP contribution in [0.5, 0.6) is 11.8 Å². The summed E-state index contributed by atoms with van der Waals surface area (Å²) in [6.45, 7) is -2.29. The number of amides is 2. The molecule has 0 radical (unpaired) electrons. The fourth-order valence-corrected chi connectivity index (χ4v) is 7.19. The van der Waals surface area contributed by atoms with Gasteiger partial charge in [-0.15, -0.1) is 5.10 Å². The number of carbonyl (C=O) groups is 3. The summed E-state index contributed by atoms with van der Waals surface area (Å²) in [5.74, 6) is -3.23. The number of aromatic nitrogens is 7. The molecule has 8 N–H and O–H groups in total. The molecule has 0 saturated carbocycles. The van der Waals surface area contributed by atoms with Crippen molar-refractivity contribution in [3.8, 4) is 17.4 Å². The zero-order valence-corrected chi connectivity index (χ0v) is 35.6. The number of nitrogens with zero attached hydrogens (tertiary/aromatic N) is 7. The number of hydrogen-bond acceptors (Lipinski definition) is 16. The first-order valence-electron chi connectivity index (χ1n) is 15.2. The summed E-state index contributed by atoms with van der Waals surface area (Å²) >= 11 is 17.5. The van der Waals surface area contributed by atoms with Crippen LogP contribution in [0.4, 0.5) is 25.2 Å². The van der Waals surface area contributed by atoms with Crippen LogP contribution in [0.2, 0.25) is 15.2 Å². The van der Waals surface area contributed by atoms with Crippen molar-refractivity contribution in [3.63, 3.8) is 0 Å². The average molecular weight is 977 g/mol. The summed E-state index contributed by atoms with van der Waals surface area (Å²) in [5, 5.41) is 27.1. The molecule has 0 aliphatic heterocycles. The van der Waals surface area contributed by atoms with Gasteiger partial charge >= 0.3 is 37.8 Å². The molecule has 34 heteroatoms. The summed E-state index contributed by atoms with van der Waals surface area (Å²) in [5.41, 5.74) is -2.05. The van der Waals surface area contributed by atoms with Crippen molar-refractivity contribution in [1.29, 1.82) is 0 Å². The quantitative estimate of drug-likeness (QED) is 0.0825. The van der Waals surface area contributed by atoms with Crippen molar-refractivity contribution in [3.05, 3.63) is 55.3 Å². The molecule has 0 saturated heterocycles. The van der Waals surface area contributed by atoms with Crippen LogP contribution < -0.4 is 35.2 Å². The van der Waals surface area contributed by atoms with Crippen molar-refractivity contribution >= 4 is 92.1 Å². The molecule has 2 amide bonds. The standard InChI is InChI=1S/C12H13ClN6O7S.C11H10Cl2F2N4O3S.C3H8NO5P/c1-19-9(7(10(20)21)8(13)17-19)27(23,24)18-12(22)16-11-14-5(25-2)4-6(15-11)26-3;1-5-16-19(11(20)18(5)10(14)15)9-4-8(17-23(2,21)22)6(12)3-7(9)13;5-3(6)1-4-2-10(7,8)9/h4H,1-3H3,(H,20,21)(H2,14,15,16,18,22);3-4,10,17H,1-2H3;4H,1-2H2,(H,5,6)(H2,7,8,9). The topological polar surface area (TPSA) is 367 Å². The van der Waals surface area contributed by atoms with Crippen molar-refractivity contribution in [1.82, 2.24) is 44.1 Å². The van der Waals surface area contributed by atoms with Gasteiger partial charge in [-0.25, -0.2) is 32.1 Å². The molecule has 332 valence electrons. The lowest BCUT2D eigenvalue weighted by Gasteiger charge is -2.10. The minimum atomic E-state index is -4.64. The molecule has 0 aliphatic rings. The minimum Gasteiger partial charge on any atom is -0.481 e. The normalized spacial score (nSPS) is 11.4. The van der Waals surface area contributed by atoms with Gasteiger partial charge in [0, 0.05) is 7.05 Å². The lowest BCUT2D eigenvalue weighted by molar-refractivity contribution is -0.135. The average Bonchev–Trinajstić information content (AvgIpc) is 3.57. The Kier molecular flexibility index (Phi) is 17.7. The highest BCUT2D eigenvalue weighted by atomic mass is 35.5. The molecule has 0 spiro atoms. The Balaban J connectivity index is 0.000000341. The van der Waals surface area contributed by atoms with Crippen LogP contribution in [-0.2, 0) is 36.5 Å². The first-order chi connectivity index (χ1) is 27.5. The van der Waals surface area contributed by atoms with E-state index in [1.165, 1.54) is 33.3 Å². The van der Waals surface area contributed by atoms with Crippen LogP contribution >= 0.6 is 42.4 Å². The molecule has 0 unspecified atom stereocenters. The van der Waals surface area contributed by atoms with E-state index in [1.54, 1.807) is 4.72 Å². The monoisotopic (exact) mass is 975 g/mol. The third kappa shape index (κ3) is 14.8. The number of sulfonamides is 2. The summed E-state index contributed by atoms with van der Waals surface area (Å²) < 4.78 is 98.2. The summed E-state index contributed by atoms with van der Waals surface area (Å²) in [4.78, 5) is 69.0. The number of benzene rings is 1. The second-order valence-corrected chi connectivity index (χ2v) is 17.1. The number of hydrogen-bond donors (Lipinski definition) is 8. The number of carboxylic acid groups (broad SMARTS) is 2.